The second kappa shape index (κ2) is 5.53. The first-order valence-electron chi connectivity index (χ1n) is 5.46. The van der Waals surface area contributed by atoms with Gasteiger partial charge in [0.05, 0.1) is 24.7 Å². The zero-order valence-electron chi connectivity index (χ0n) is 10.3. The normalized spacial score (nSPS) is 18.9. The Balaban J connectivity index is 2.21. The Morgan fingerprint density at radius 3 is 3.00 bits per heavy atom. The number of carbonyl (C=O) groups excluding carboxylic acids is 1. The van der Waals surface area contributed by atoms with Crippen molar-refractivity contribution in [2.75, 3.05) is 6.54 Å². The summed E-state index contributed by atoms with van der Waals surface area (Å²) in [7, 11) is 0. The number of nitriles is 1. The Morgan fingerprint density at radius 2 is 2.41 bits per heavy atom. The van der Waals surface area contributed by atoms with Crippen LogP contribution in [0.3, 0.4) is 0 Å². The largest absolute Gasteiger partial charge is 0.444 e. The highest BCUT2D eigenvalue weighted by molar-refractivity contribution is 5.87. The third-order valence-corrected chi connectivity index (χ3v) is 1.95. The van der Waals surface area contributed by atoms with Crippen LogP contribution in [0, 0.1) is 11.3 Å². The van der Waals surface area contributed by atoms with Gasteiger partial charge in [0.2, 0.25) is 0 Å². The molecule has 1 aliphatic heterocycles. The van der Waals surface area contributed by atoms with Gasteiger partial charge >= 0.3 is 6.09 Å². The van der Waals surface area contributed by atoms with Crippen LogP contribution in [0.2, 0.25) is 0 Å². The highest BCUT2D eigenvalue weighted by Gasteiger charge is 2.22. The van der Waals surface area contributed by atoms with E-state index in [1.165, 1.54) is 0 Å². The molecule has 17 heavy (non-hydrogen) atoms. The van der Waals surface area contributed by atoms with Crippen molar-refractivity contribution in [1.29, 1.82) is 5.26 Å². The highest BCUT2D eigenvalue weighted by Crippen LogP contribution is 2.12. The molecule has 6 heteroatoms. The van der Waals surface area contributed by atoms with Crippen LogP contribution in [0.4, 0.5) is 4.79 Å². The van der Waals surface area contributed by atoms with E-state index in [2.05, 4.69) is 10.5 Å². The van der Waals surface area contributed by atoms with Gasteiger partial charge in [-0.25, -0.2) is 4.79 Å². The maximum absolute atomic E-state index is 11.3. The zero-order chi connectivity index (χ0) is 12.9. The number of nitrogens with one attached hydrogen (secondary N) is 1. The molecular weight excluding hydrogens is 222 g/mol. The molecule has 94 valence electrons. The quantitative estimate of drug-likeness (QED) is 0.810. The van der Waals surface area contributed by atoms with Crippen molar-refractivity contribution in [3.05, 3.63) is 0 Å². The van der Waals surface area contributed by atoms with Gasteiger partial charge in [0, 0.05) is 6.42 Å². The minimum absolute atomic E-state index is 0.203. The van der Waals surface area contributed by atoms with Gasteiger partial charge in [0.25, 0.3) is 0 Å². The fraction of sp³-hybridized carbons (Fsp3) is 0.727. The molecule has 1 aliphatic rings. The molecule has 1 heterocycles. The Labute approximate surface area is 101 Å². The molecule has 6 nitrogen and oxygen atoms in total. The summed E-state index contributed by atoms with van der Waals surface area (Å²) in [5.41, 5.74) is 0.201. The number of rotatable bonds is 3. The minimum Gasteiger partial charge on any atom is -0.444 e. The van der Waals surface area contributed by atoms with Gasteiger partial charge in [-0.2, -0.15) is 5.26 Å². The lowest BCUT2D eigenvalue weighted by molar-refractivity contribution is 0.0439. The summed E-state index contributed by atoms with van der Waals surface area (Å²) >= 11 is 0. The summed E-state index contributed by atoms with van der Waals surface area (Å²) in [4.78, 5) is 16.4. The van der Waals surface area contributed by atoms with Gasteiger partial charge in [0.15, 0.2) is 0 Å². The lowest BCUT2D eigenvalue weighted by Crippen LogP contribution is -2.36. The van der Waals surface area contributed by atoms with E-state index in [0.29, 0.717) is 18.7 Å². The molecule has 0 spiro atoms. The maximum Gasteiger partial charge on any atom is 0.407 e. The van der Waals surface area contributed by atoms with Gasteiger partial charge in [-0.15, -0.1) is 0 Å². The molecule has 0 bridgehead atoms. The number of carbonyl (C=O) groups is 1. The van der Waals surface area contributed by atoms with E-state index >= 15 is 0 Å². The first-order valence-corrected chi connectivity index (χ1v) is 5.46. The van der Waals surface area contributed by atoms with E-state index in [-0.39, 0.29) is 12.5 Å². The zero-order valence-corrected chi connectivity index (χ0v) is 10.3. The molecule has 0 aromatic rings. The summed E-state index contributed by atoms with van der Waals surface area (Å²) in [6.07, 6.45) is 0.160. The predicted molar refractivity (Wildman–Crippen MR) is 61.4 cm³/mol. The van der Waals surface area contributed by atoms with Crippen LogP contribution in [-0.4, -0.2) is 30.1 Å². The van der Waals surface area contributed by atoms with E-state index in [0.717, 1.165) is 0 Å². The molecule has 0 aromatic carbocycles. The van der Waals surface area contributed by atoms with Crippen LogP contribution >= 0.6 is 0 Å². The van der Waals surface area contributed by atoms with Crippen LogP contribution in [-0.2, 0) is 9.57 Å². The number of alkyl carbamates (subject to hydrolysis) is 1. The number of nitrogens with zero attached hydrogens (tertiary/aromatic N) is 2. The van der Waals surface area contributed by atoms with Gasteiger partial charge in [-0.3, -0.25) is 0 Å². The van der Waals surface area contributed by atoms with E-state index < -0.39 is 11.7 Å². The highest BCUT2D eigenvalue weighted by atomic mass is 16.6. The molecule has 0 fully saturated rings. The molecule has 0 aliphatic carbocycles. The molecule has 1 unspecified atom stereocenters. The van der Waals surface area contributed by atoms with Crippen LogP contribution in [0.25, 0.3) is 0 Å². The molecule has 1 rings (SSSR count). The van der Waals surface area contributed by atoms with E-state index in [1.54, 1.807) is 20.8 Å². The summed E-state index contributed by atoms with van der Waals surface area (Å²) < 4.78 is 5.08. The smallest absolute Gasteiger partial charge is 0.407 e. The third-order valence-electron chi connectivity index (χ3n) is 1.95. The van der Waals surface area contributed by atoms with Gasteiger partial charge in [-0.05, 0) is 20.8 Å². The Morgan fingerprint density at radius 1 is 1.71 bits per heavy atom. The number of hydrogen-bond donors (Lipinski definition) is 1. The van der Waals surface area contributed by atoms with Crippen LogP contribution in [0.1, 0.15) is 33.6 Å². The van der Waals surface area contributed by atoms with E-state index in [9.17, 15) is 4.79 Å². The van der Waals surface area contributed by atoms with Gasteiger partial charge in [0.1, 0.15) is 11.7 Å². The van der Waals surface area contributed by atoms with Gasteiger partial charge in [-0.1, -0.05) is 5.16 Å². The monoisotopic (exact) mass is 239 g/mol. The first kappa shape index (κ1) is 13.3. The number of amides is 1. The van der Waals surface area contributed by atoms with Crippen LogP contribution in [0.15, 0.2) is 5.16 Å². The topological polar surface area (TPSA) is 83.7 Å². The number of hydrogen-bond acceptors (Lipinski definition) is 5. The van der Waals surface area contributed by atoms with Crippen molar-refractivity contribution in [2.24, 2.45) is 5.16 Å². The molecule has 1 atom stereocenters. The van der Waals surface area contributed by atoms with Gasteiger partial charge < -0.3 is 14.9 Å². The molecule has 0 radical (unpaired) electrons. The lowest BCUT2D eigenvalue weighted by atomic mass is 10.1. The van der Waals surface area contributed by atoms with Crippen molar-refractivity contribution >= 4 is 11.8 Å². The third kappa shape index (κ3) is 5.20. The fourth-order valence-corrected chi connectivity index (χ4v) is 1.30. The maximum atomic E-state index is 11.3. The first-order chi connectivity index (χ1) is 7.90. The molecule has 1 N–H and O–H groups in total. The molecule has 1 amide bonds. The van der Waals surface area contributed by atoms with Crippen molar-refractivity contribution in [3.63, 3.8) is 0 Å². The second-order valence-corrected chi connectivity index (χ2v) is 4.81. The summed E-state index contributed by atoms with van der Waals surface area (Å²) in [5.74, 6) is 0. The second-order valence-electron chi connectivity index (χ2n) is 4.81. The average Bonchev–Trinajstić information content (AvgIpc) is 2.61. The predicted octanol–water partition coefficient (Wildman–Crippen LogP) is 1.57. The summed E-state index contributed by atoms with van der Waals surface area (Å²) in [6, 6.07) is 2.00. The Bertz CT molecular complexity index is 352. The molecule has 0 saturated carbocycles. The fourth-order valence-electron chi connectivity index (χ4n) is 1.30. The standard InChI is InChI=1S/C11H17N3O3/c1-11(2,3)16-10(15)13-7-9-6-8(4-5-12)14-17-9/h9H,4,6-7H2,1-3H3,(H,13,15). The minimum atomic E-state index is -0.511. The lowest BCUT2D eigenvalue weighted by Gasteiger charge is -2.20. The summed E-state index contributed by atoms with van der Waals surface area (Å²) in [6.45, 7) is 5.72. The SMILES string of the molecule is CC(C)(C)OC(=O)NCC1CC(CC#N)=NO1. The van der Waals surface area contributed by atoms with Crippen LogP contribution in [0.5, 0.6) is 0 Å². The molecule has 0 aromatic heterocycles. The van der Waals surface area contributed by atoms with Crippen molar-refractivity contribution in [2.45, 2.75) is 45.3 Å². The van der Waals surface area contributed by atoms with E-state index in [1.807, 2.05) is 6.07 Å². The Hall–Kier alpha value is -1.77. The molecular formula is C11H17N3O3. The average molecular weight is 239 g/mol. The number of oxime groups is 1. The van der Waals surface area contributed by atoms with Crippen molar-refractivity contribution < 1.29 is 14.4 Å². The van der Waals surface area contributed by atoms with Crippen molar-refractivity contribution in [3.8, 4) is 6.07 Å². The number of ether oxygens (including phenoxy) is 1. The van der Waals surface area contributed by atoms with Crippen molar-refractivity contribution in [1.82, 2.24) is 5.32 Å². The summed E-state index contributed by atoms with van der Waals surface area (Å²) in [5, 5.41) is 14.8. The van der Waals surface area contributed by atoms with Crippen LogP contribution < -0.4 is 5.32 Å². The Kier molecular flexibility index (Phi) is 4.32. The molecule has 0 saturated heterocycles. The van der Waals surface area contributed by atoms with E-state index in [4.69, 9.17) is 14.8 Å².